The van der Waals surface area contributed by atoms with Crippen LogP contribution in [0.2, 0.25) is 0 Å². The lowest BCUT2D eigenvalue weighted by atomic mass is 9.92. The highest BCUT2D eigenvalue weighted by atomic mass is 16.4. The summed E-state index contributed by atoms with van der Waals surface area (Å²) in [6.45, 7) is 8.98. The van der Waals surface area contributed by atoms with Gasteiger partial charge in [-0.05, 0) is 58.7 Å². The zero-order valence-electron chi connectivity index (χ0n) is 14.2. The molecule has 0 amide bonds. The Morgan fingerprint density at radius 2 is 1.95 bits per heavy atom. The SMILES string of the molecule is CCCNC(C)(CCCN(CC)C1CCCCC1)C(=O)O. The molecule has 4 nitrogen and oxygen atoms in total. The summed E-state index contributed by atoms with van der Waals surface area (Å²) in [5.74, 6) is -0.725. The maximum absolute atomic E-state index is 11.5. The summed E-state index contributed by atoms with van der Waals surface area (Å²) in [7, 11) is 0. The second kappa shape index (κ2) is 9.42. The number of carboxylic acid groups (broad SMARTS) is 1. The van der Waals surface area contributed by atoms with E-state index in [1.165, 1.54) is 32.1 Å². The van der Waals surface area contributed by atoms with Crippen molar-refractivity contribution < 1.29 is 9.90 Å². The highest BCUT2D eigenvalue weighted by Gasteiger charge is 2.32. The van der Waals surface area contributed by atoms with Crippen LogP contribution in [0.25, 0.3) is 0 Å². The molecule has 0 radical (unpaired) electrons. The molecule has 0 aromatic rings. The summed E-state index contributed by atoms with van der Waals surface area (Å²) >= 11 is 0. The molecule has 1 saturated carbocycles. The predicted octanol–water partition coefficient (Wildman–Crippen LogP) is 3.26. The molecule has 1 unspecified atom stereocenters. The zero-order valence-corrected chi connectivity index (χ0v) is 14.2. The van der Waals surface area contributed by atoms with Crippen molar-refractivity contribution in [3.8, 4) is 0 Å². The number of rotatable bonds is 10. The van der Waals surface area contributed by atoms with Crippen LogP contribution in [0.5, 0.6) is 0 Å². The minimum atomic E-state index is -0.776. The van der Waals surface area contributed by atoms with E-state index in [1.54, 1.807) is 0 Å². The summed E-state index contributed by atoms with van der Waals surface area (Å²) in [5, 5.41) is 12.7. The molecule has 0 bridgehead atoms. The number of hydrogen-bond donors (Lipinski definition) is 2. The molecule has 1 aliphatic rings. The minimum Gasteiger partial charge on any atom is -0.480 e. The number of aliphatic carboxylic acids is 1. The molecule has 0 aliphatic heterocycles. The van der Waals surface area contributed by atoms with Crippen LogP contribution < -0.4 is 5.32 Å². The standard InChI is InChI=1S/C17H34N2O2/c1-4-13-18-17(3,16(20)21)12-9-14-19(5-2)15-10-7-6-8-11-15/h15,18H,4-14H2,1-3H3,(H,20,21). The third-order valence-electron chi connectivity index (χ3n) is 4.86. The van der Waals surface area contributed by atoms with E-state index in [0.717, 1.165) is 38.5 Å². The molecule has 1 fully saturated rings. The van der Waals surface area contributed by atoms with Crippen LogP contribution >= 0.6 is 0 Å². The van der Waals surface area contributed by atoms with Gasteiger partial charge in [-0.1, -0.05) is 33.1 Å². The van der Waals surface area contributed by atoms with Crippen molar-refractivity contribution >= 4 is 5.97 Å². The Hall–Kier alpha value is -0.610. The summed E-state index contributed by atoms with van der Waals surface area (Å²) in [5.41, 5.74) is -0.776. The number of carbonyl (C=O) groups is 1. The van der Waals surface area contributed by atoms with E-state index in [-0.39, 0.29) is 0 Å². The van der Waals surface area contributed by atoms with Gasteiger partial charge in [0.1, 0.15) is 5.54 Å². The predicted molar refractivity (Wildman–Crippen MR) is 87.7 cm³/mol. The lowest BCUT2D eigenvalue weighted by Crippen LogP contribution is -2.50. The first kappa shape index (κ1) is 18.4. The van der Waals surface area contributed by atoms with Crippen molar-refractivity contribution in [3.05, 3.63) is 0 Å². The van der Waals surface area contributed by atoms with E-state index in [9.17, 15) is 9.90 Å². The van der Waals surface area contributed by atoms with E-state index in [0.29, 0.717) is 6.42 Å². The van der Waals surface area contributed by atoms with Gasteiger partial charge < -0.3 is 15.3 Å². The Labute approximate surface area is 130 Å². The number of carboxylic acids is 1. The van der Waals surface area contributed by atoms with Crippen LogP contribution in [0.1, 0.15) is 72.1 Å². The normalized spacial score (nSPS) is 19.6. The van der Waals surface area contributed by atoms with Gasteiger partial charge in [0, 0.05) is 6.04 Å². The number of nitrogens with zero attached hydrogens (tertiary/aromatic N) is 1. The Morgan fingerprint density at radius 3 is 2.48 bits per heavy atom. The highest BCUT2D eigenvalue weighted by molar-refractivity contribution is 5.78. The third-order valence-corrected chi connectivity index (χ3v) is 4.86. The maximum atomic E-state index is 11.5. The topological polar surface area (TPSA) is 52.6 Å². The van der Waals surface area contributed by atoms with Crippen molar-refractivity contribution in [2.75, 3.05) is 19.6 Å². The molecule has 0 aromatic heterocycles. The van der Waals surface area contributed by atoms with Crippen LogP contribution in [0.15, 0.2) is 0 Å². The van der Waals surface area contributed by atoms with E-state index < -0.39 is 11.5 Å². The van der Waals surface area contributed by atoms with Gasteiger partial charge in [-0.2, -0.15) is 0 Å². The molecule has 21 heavy (non-hydrogen) atoms. The number of nitrogens with one attached hydrogen (secondary N) is 1. The first-order chi connectivity index (χ1) is 10.0. The summed E-state index contributed by atoms with van der Waals surface area (Å²) in [6, 6.07) is 0.725. The van der Waals surface area contributed by atoms with Crippen LogP contribution in [0.4, 0.5) is 0 Å². The van der Waals surface area contributed by atoms with Gasteiger partial charge in [-0.25, -0.2) is 0 Å². The van der Waals surface area contributed by atoms with Crippen molar-refractivity contribution in [2.45, 2.75) is 83.7 Å². The zero-order chi connectivity index (χ0) is 15.7. The molecule has 4 heteroatoms. The van der Waals surface area contributed by atoms with Gasteiger partial charge in [0.25, 0.3) is 0 Å². The third kappa shape index (κ3) is 5.95. The molecule has 0 saturated heterocycles. The van der Waals surface area contributed by atoms with Gasteiger partial charge >= 0.3 is 5.97 Å². The largest absolute Gasteiger partial charge is 0.480 e. The van der Waals surface area contributed by atoms with Gasteiger partial charge in [0.05, 0.1) is 0 Å². The quantitative estimate of drug-likeness (QED) is 0.650. The molecule has 1 aliphatic carbocycles. The van der Waals surface area contributed by atoms with E-state index in [4.69, 9.17) is 0 Å². The maximum Gasteiger partial charge on any atom is 0.323 e. The molecule has 0 spiro atoms. The monoisotopic (exact) mass is 298 g/mol. The van der Waals surface area contributed by atoms with Crippen LogP contribution in [0, 0.1) is 0 Å². The first-order valence-electron chi connectivity index (χ1n) is 8.76. The Kier molecular flexibility index (Phi) is 8.27. The molecule has 2 N–H and O–H groups in total. The summed E-state index contributed by atoms with van der Waals surface area (Å²) in [6.07, 6.45) is 9.34. The molecule has 0 heterocycles. The lowest BCUT2D eigenvalue weighted by molar-refractivity contribution is -0.144. The molecule has 124 valence electrons. The summed E-state index contributed by atoms with van der Waals surface area (Å²) < 4.78 is 0. The molecule has 0 aromatic carbocycles. The van der Waals surface area contributed by atoms with Gasteiger partial charge in [-0.3, -0.25) is 4.79 Å². The fourth-order valence-corrected chi connectivity index (χ4v) is 3.35. The molecular weight excluding hydrogens is 264 g/mol. The van der Waals surface area contributed by atoms with Crippen molar-refractivity contribution in [1.29, 1.82) is 0 Å². The Bertz CT molecular complexity index is 303. The van der Waals surface area contributed by atoms with Crippen LogP contribution in [0.3, 0.4) is 0 Å². The van der Waals surface area contributed by atoms with Crippen molar-refractivity contribution in [1.82, 2.24) is 10.2 Å². The van der Waals surface area contributed by atoms with Gasteiger partial charge in [-0.15, -0.1) is 0 Å². The van der Waals surface area contributed by atoms with Crippen LogP contribution in [-0.2, 0) is 4.79 Å². The highest BCUT2D eigenvalue weighted by Crippen LogP contribution is 2.23. The van der Waals surface area contributed by atoms with E-state index >= 15 is 0 Å². The van der Waals surface area contributed by atoms with Crippen LogP contribution in [-0.4, -0.2) is 47.2 Å². The van der Waals surface area contributed by atoms with Crippen molar-refractivity contribution in [3.63, 3.8) is 0 Å². The van der Waals surface area contributed by atoms with E-state index in [1.807, 2.05) is 6.92 Å². The first-order valence-corrected chi connectivity index (χ1v) is 8.76. The molecular formula is C17H34N2O2. The van der Waals surface area contributed by atoms with Crippen molar-refractivity contribution in [2.24, 2.45) is 0 Å². The second-order valence-corrected chi connectivity index (χ2v) is 6.59. The fraction of sp³-hybridized carbons (Fsp3) is 0.941. The molecule has 1 rings (SSSR count). The van der Waals surface area contributed by atoms with E-state index in [2.05, 4.69) is 24.1 Å². The van der Waals surface area contributed by atoms with Gasteiger partial charge in [0.15, 0.2) is 0 Å². The lowest BCUT2D eigenvalue weighted by Gasteiger charge is -2.34. The Balaban J connectivity index is 2.41. The molecule has 1 atom stereocenters. The second-order valence-electron chi connectivity index (χ2n) is 6.59. The minimum absolute atomic E-state index is 0.700. The average Bonchev–Trinajstić information content (AvgIpc) is 2.50. The smallest absolute Gasteiger partial charge is 0.323 e. The Morgan fingerprint density at radius 1 is 1.29 bits per heavy atom. The summed E-state index contributed by atoms with van der Waals surface area (Å²) in [4.78, 5) is 14.1. The fourth-order valence-electron chi connectivity index (χ4n) is 3.35. The average molecular weight is 298 g/mol. The number of hydrogen-bond acceptors (Lipinski definition) is 3. The van der Waals surface area contributed by atoms with Gasteiger partial charge in [0.2, 0.25) is 0 Å².